The van der Waals surface area contributed by atoms with Crippen LogP contribution in [0.3, 0.4) is 0 Å². The Morgan fingerprint density at radius 1 is 1.00 bits per heavy atom. The molecule has 0 N–H and O–H groups in total. The largest absolute Gasteiger partial charge is 0.326 e. The average molecular weight is 235 g/mol. The standard InChI is InChI=1S/C15H13N3/c1-18-14-10-6-5-9-13(14)17-15(18)11-16-12-7-3-2-4-8-12/h2-11H,1H3/b16-11+. The number of fused-ring (bicyclic) bond motifs is 1. The Bertz CT molecular complexity index is 696. The van der Waals surface area contributed by atoms with E-state index in [9.17, 15) is 0 Å². The smallest absolute Gasteiger partial charge is 0.152 e. The first-order valence-corrected chi connectivity index (χ1v) is 5.85. The number of aliphatic imine (C=N–C) groups is 1. The van der Waals surface area contributed by atoms with Gasteiger partial charge in [-0.15, -0.1) is 0 Å². The second-order valence-corrected chi connectivity index (χ2v) is 4.11. The predicted octanol–water partition coefficient (Wildman–Crippen LogP) is 3.32. The first-order valence-electron chi connectivity index (χ1n) is 5.85. The molecule has 88 valence electrons. The SMILES string of the molecule is Cn1c(/C=N/c2ccccc2)nc2ccccc21. The molecule has 1 aromatic heterocycles. The van der Waals surface area contributed by atoms with E-state index in [2.05, 4.69) is 16.0 Å². The van der Waals surface area contributed by atoms with Crippen LogP contribution in [0.1, 0.15) is 5.82 Å². The molecule has 0 aliphatic heterocycles. The zero-order valence-electron chi connectivity index (χ0n) is 10.1. The van der Waals surface area contributed by atoms with Gasteiger partial charge in [0.15, 0.2) is 5.82 Å². The van der Waals surface area contributed by atoms with Gasteiger partial charge in [0, 0.05) is 7.05 Å². The summed E-state index contributed by atoms with van der Waals surface area (Å²) in [5.74, 6) is 0.861. The van der Waals surface area contributed by atoms with E-state index in [4.69, 9.17) is 0 Å². The highest BCUT2D eigenvalue weighted by molar-refractivity contribution is 5.86. The Morgan fingerprint density at radius 3 is 2.50 bits per heavy atom. The van der Waals surface area contributed by atoms with Crippen molar-refractivity contribution in [2.24, 2.45) is 12.0 Å². The van der Waals surface area contributed by atoms with Gasteiger partial charge < -0.3 is 4.57 Å². The maximum atomic E-state index is 4.54. The highest BCUT2D eigenvalue weighted by atomic mass is 15.1. The molecule has 0 spiro atoms. The molecule has 0 fully saturated rings. The molecule has 0 radical (unpaired) electrons. The van der Waals surface area contributed by atoms with Gasteiger partial charge >= 0.3 is 0 Å². The summed E-state index contributed by atoms with van der Waals surface area (Å²) in [6.45, 7) is 0. The minimum atomic E-state index is 0.861. The number of rotatable bonds is 2. The molecule has 1 heterocycles. The molecule has 0 aliphatic carbocycles. The minimum Gasteiger partial charge on any atom is -0.326 e. The topological polar surface area (TPSA) is 30.2 Å². The summed E-state index contributed by atoms with van der Waals surface area (Å²) < 4.78 is 2.04. The van der Waals surface area contributed by atoms with Gasteiger partial charge in [0.1, 0.15) is 0 Å². The lowest BCUT2D eigenvalue weighted by molar-refractivity contribution is 0.935. The van der Waals surface area contributed by atoms with Gasteiger partial charge in [-0.3, -0.25) is 4.99 Å². The molecule has 2 aromatic carbocycles. The number of imidazole rings is 1. The normalized spacial score (nSPS) is 11.4. The van der Waals surface area contributed by atoms with Gasteiger partial charge in [0.05, 0.1) is 22.9 Å². The quantitative estimate of drug-likeness (QED) is 0.627. The van der Waals surface area contributed by atoms with Crippen LogP contribution < -0.4 is 0 Å². The van der Waals surface area contributed by atoms with Crippen LogP contribution in [0.5, 0.6) is 0 Å². The third-order valence-electron chi connectivity index (χ3n) is 2.91. The van der Waals surface area contributed by atoms with Crippen molar-refractivity contribution < 1.29 is 0 Å². The van der Waals surface area contributed by atoms with E-state index in [1.165, 1.54) is 0 Å². The Balaban J connectivity index is 2.00. The molecule has 0 saturated heterocycles. The fraction of sp³-hybridized carbons (Fsp3) is 0.0667. The average Bonchev–Trinajstić information content (AvgIpc) is 2.75. The van der Waals surface area contributed by atoms with Crippen LogP contribution in [0, 0.1) is 0 Å². The lowest BCUT2D eigenvalue weighted by Gasteiger charge is -1.96. The molecule has 0 amide bonds. The van der Waals surface area contributed by atoms with Crippen LogP contribution in [0.15, 0.2) is 59.6 Å². The van der Waals surface area contributed by atoms with Crippen molar-refractivity contribution >= 4 is 22.9 Å². The van der Waals surface area contributed by atoms with Gasteiger partial charge in [-0.1, -0.05) is 30.3 Å². The van der Waals surface area contributed by atoms with Crippen LogP contribution in [0.25, 0.3) is 11.0 Å². The molecule has 0 saturated carbocycles. The van der Waals surface area contributed by atoms with E-state index in [0.29, 0.717) is 0 Å². The highest BCUT2D eigenvalue weighted by Crippen LogP contribution is 2.14. The number of aromatic nitrogens is 2. The van der Waals surface area contributed by atoms with Gasteiger partial charge in [-0.25, -0.2) is 4.98 Å². The van der Waals surface area contributed by atoms with Gasteiger partial charge in [0.25, 0.3) is 0 Å². The van der Waals surface area contributed by atoms with Crippen LogP contribution in [0.2, 0.25) is 0 Å². The monoisotopic (exact) mass is 235 g/mol. The third-order valence-corrected chi connectivity index (χ3v) is 2.91. The molecular formula is C15H13N3. The van der Waals surface area contributed by atoms with E-state index < -0.39 is 0 Å². The Hall–Kier alpha value is -2.42. The molecule has 0 atom stereocenters. The second-order valence-electron chi connectivity index (χ2n) is 4.11. The summed E-state index contributed by atoms with van der Waals surface area (Å²) >= 11 is 0. The van der Waals surface area contributed by atoms with E-state index in [1.807, 2.05) is 60.1 Å². The summed E-state index contributed by atoms with van der Waals surface area (Å²) in [4.78, 5) is 8.97. The summed E-state index contributed by atoms with van der Waals surface area (Å²) in [5, 5.41) is 0. The van der Waals surface area contributed by atoms with E-state index in [1.54, 1.807) is 6.21 Å². The van der Waals surface area contributed by atoms with Crippen molar-refractivity contribution in [3.05, 3.63) is 60.4 Å². The fourth-order valence-corrected chi connectivity index (χ4v) is 1.93. The zero-order chi connectivity index (χ0) is 12.4. The molecule has 3 nitrogen and oxygen atoms in total. The van der Waals surface area contributed by atoms with E-state index >= 15 is 0 Å². The lowest BCUT2D eigenvalue weighted by atomic mass is 10.3. The first-order chi connectivity index (χ1) is 8.84. The number of para-hydroxylation sites is 3. The first kappa shape index (κ1) is 10.7. The van der Waals surface area contributed by atoms with Crippen LogP contribution >= 0.6 is 0 Å². The molecule has 3 aromatic rings. The molecule has 0 unspecified atom stereocenters. The number of benzene rings is 2. The maximum Gasteiger partial charge on any atom is 0.152 e. The van der Waals surface area contributed by atoms with Crippen LogP contribution in [0.4, 0.5) is 5.69 Å². The number of hydrogen-bond acceptors (Lipinski definition) is 2. The van der Waals surface area contributed by atoms with Crippen molar-refractivity contribution in [3.63, 3.8) is 0 Å². The summed E-state index contributed by atoms with van der Waals surface area (Å²) in [6.07, 6.45) is 1.80. The van der Waals surface area contributed by atoms with E-state index in [-0.39, 0.29) is 0 Å². The number of nitrogens with zero attached hydrogens (tertiary/aromatic N) is 3. The molecule has 18 heavy (non-hydrogen) atoms. The Morgan fingerprint density at radius 2 is 1.72 bits per heavy atom. The summed E-state index contributed by atoms with van der Waals surface area (Å²) in [6, 6.07) is 17.9. The van der Waals surface area contributed by atoms with Crippen molar-refractivity contribution in [1.29, 1.82) is 0 Å². The number of aryl methyl sites for hydroxylation is 1. The fourth-order valence-electron chi connectivity index (χ4n) is 1.93. The lowest BCUT2D eigenvalue weighted by Crippen LogP contribution is -1.95. The zero-order valence-corrected chi connectivity index (χ0v) is 10.1. The second kappa shape index (κ2) is 4.45. The number of hydrogen-bond donors (Lipinski definition) is 0. The third kappa shape index (κ3) is 1.91. The summed E-state index contributed by atoms with van der Waals surface area (Å²) in [5.41, 5.74) is 3.05. The van der Waals surface area contributed by atoms with Crippen molar-refractivity contribution in [2.75, 3.05) is 0 Å². The minimum absolute atomic E-state index is 0.861. The van der Waals surface area contributed by atoms with Crippen molar-refractivity contribution in [1.82, 2.24) is 9.55 Å². The van der Waals surface area contributed by atoms with Gasteiger partial charge in [-0.05, 0) is 24.3 Å². The Labute approximate surface area is 105 Å². The van der Waals surface area contributed by atoms with E-state index in [0.717, 1.165) is 22.5 Å². The van der Waals surface area contributed by atoms with Crippen molar-refractivity contribution in [2.45, 2.75) is 0 Å². The van der Waals surface area contributed by atoms with Crippen molar-refractivity contribution in [3.8, 4) is 0 Å². The van der Waals surface area contributed by atoms with Gasteiger partial charge in [0.2, 0.25) is 0 Å². The molecular weight excluding hydrogens is 222 g/mol. The molecule has 3 heteroatoms. The van der Waals surface area contributed by atoms with Crippen LogP contribution in [-0.4, -0.2) is 15.8 Å². The molecule has 0 aliphatic rings. The molecule has 0 bridgehead atoms. The maximum absolute atomic E-state index is 4.54. The predicted molar refractivity (Wildman–Crippen MR) is 74.4 cm³/mol. The highest BCUT2D eigenvalue weighted by Gasteiger charge is 2.03. The summed E-state index contributed by atoms with van der Waals surface area (Å²) in [7, 11) is 2.00. The molecule has 3 rings (SSSR count). The Kier molecular flexibility index (Phi) is 2.65. The van der Waals surface area contributed by atoms with Gasteiger partial charge in [-0.2, -0.15) is 0 Å². The van der Waals surface area contributed by atoms with Crippen LogP contribution in [-0.2, 0) is 7.05 Å².